The van der Waals surface area contributed by atoms with Crippen molar-refractivity contribution < 1.29 is 23.0 Å². The molecule has 1 rings (SSSR count). The van der Waals surface area contributed by atoms with Gasteiger partial charge in [-0.05, 0) is 12.1 Å². The maximum atomic E-state index is 11.2. The van der Waals surface area contributed by atoms with Crippen LogP contribution in [-0.2, 0) is 9.84 Å². The molecule has 0 amide bonds. The standard InChI is InChI=1S/C11H16O5S/c1-15-9-5-4-6-10(16-2)11(9)8(12)7-17(3,13)14/h4-6,8,12H,7H2,1-3H3. The Morgan fingerprint density at radius 3 is 2.06 bits per heavy atom. The van der Waals surface area contributed by atoms with Gasteiger partial charge >= 0.3 is 0 Å². The minimum atomic E-state index is -3.28. The highest BCUT2D eigenvalue weighted by molar-refractivity contribution is 7.90. The molecule has 0 bridgehead atoms. The molecule has 6 heteroatoms. The number of aliphatic hydroxyl groups is 1. The molecule has 0 aliphatic heterocycles. The first-order valence-electron chi connectivity index (χ1n) is 4.95. The van der Waals surface area contributed by atoms with Crippen molar-refractivity contribution in [3.05, 3.63) is 23.8 Å². The quantitative estimate of drug-likeness (QED) is 0.847. The van der Waals surface area contributed by atoms with Crippen LogP contribution in [0.15, 0.2) is 18.2 Å². The van der Waals surface area contributed by atoms with Crippen molar-refractivity contribution in [1.29, 1.82) is 0 Å². The number of benzene rings is 1. The van der Waals surface area contributed by atoms with Gasteiger partial charge in [0, 0.05) is 6.26 Å². The number of methoxy groups -OCH3 is 2. The zero-order chi connectivity index (χ0) is 13.1. The van der Waals surface area contributed by atoms with Gasteiger partial charge in [-0.15, -0.1) is 0 Å². The third kappa shape index (κ3) is 3.61. The summed E-state index contributed by atoms with van der Waals surface area (Å²) >= 11 is 0. The first-order chi connectivity index (χ1) is 7.89. The van der Waals surface area contributed by atoms with E-state index >= 15 is 0 Å². The van der Waals surface area contributed by atoms with Crippen LogP contribution in [0.5, 0.6) is 11.5 Å². The Balaban J connectivity index is 3.18. The van der Waals surface area contributed by atoms with Gasteiger partial charge in [-0.25, -0.2) is 8.42 Å². The van der Waals surface area contributed by atoms with Gasteiger partial charge in [0.25, 0.3) is 0 Å². The van der Waals surface area contributed by atoms with Gasteiger partial charge in [0.15, 0.2) is 0 Å². The van der Waals surface area contributed by atoms with Crippen LogP contribution in [-0.4, -0.2) is 39.8 Å². The van der Waals surface area contributed by atoms with E-state index in [9.17, 15) is 13.5 Å². The van der Waals surface area contributed by atoms with E-state index in [1.807, 2.05) is 0 Å². The fourth-order valence-electron chi connectivity index (χ4n) is 1.58. The number of aliphatic hydroxyl groups excluding tert-OH is 1. The minimum absolute atomic E-state index is 0.350. The number of sulfone groups is 1. The molecular weight excluding hydrogens is 244 g/mol. The Morgan fingerprint density at radius 1 is 1.24 bits per heavy atom. The van der Waals surface area contributed by atoms with E-state index in [2.05, 4.69) is 0 Å². The molecule has 1 aromatic carbocycles. The Bertz CT molecular complexity index is 458. The topological polar surface area (TPSA) is 72.8 Å². The van der Waals surface area contributed by atoms with Crippen LogP contribution in [0.25, 0.3) is 0 Å². The molecular formula is C11H16O5S. The number of rotatable bonds is 5. The number of hydrogen-bond acceptors (Lipinski definition) is 5. The van der Waals surface area contributed by atoms with Gasteiger partial charge in [-0.2, -0.15) is 0 Å². The molecule has 1 aromatic rings. The maximum absolute atomic E-state index is 11.2. The molecule has 0 saturated carbocycles. The van der Waals surface area contributed by atoms with Crippen molar-refractivity contribution in [1.82, 2.24) is 0 Å². The second-order valence-corrected chi connectivity index (χ2v) is 5.87. The first-order valence-corrected chi connectivity index (χ1v) is 7.01. The third-order valence-electron chi connectivity index (χ3n) is 2.26. The largest absolute Gasteiger partial charge is 0.496 e. The minimum Gasteiger partial charge on any atom is -0.496 e. The van der Waals surface area contributed by atoms with Crippen LogP contribution in [0.3, 0.4) is 0 Å². The third-order valence-corrected chi connectivity index (χ3v) is 3.18. The highest BCUT2D eigenvalue weighted by Gasteiger charge is 2.22. The highest BCUT2D eigenvalue weighted by Crippen LogP contribution is 2.34. The summed E-state index contributed by atoms with van der Waals surface area (Å²) in [6, 6.07) is 4.99. The molecule has 0 aliphatic carbocycles. The summed E-state index contributed by atoms with van der Waals surface area (Å²) < 4.78 is 32.5. The molecule has 0 aliphatic rings. The average molecular weight is 260 g/mol. The second kappa shape index (κ2) is 5.37. The zero-order valence-electron chi connectivity index (χ0n) is 10.0. The normalized spacial score (nSPS) is 13.2. The summed E-state index contributed by atoms with van der Waals surface area (Å²) in [7, 11) is -0.383. The highest BCUT2D eigenvalue weighted by atomic mass is 32.2. The van der Waals surface area contributed by atoms with Crippen molar-refractivity contribution in [3.8, 4) is 11.5 Å². The molecule has 1 N–H and O–H groups in total. The van der Waals surface area contributed by atoms with Crippen molar-refractivity contribution >= 4 is 9.84 Å². The van der Waals surface area contributed by atoms with Gasteiger partial charge in [0.2, 0.25) is 0 Å². The van der Waals surface area contributed by atoms with Crippen LogP contribution < -0.4 is 9.47 Å². The summed E-state index contributed by atoms with van der Waals surface area (Å²) in [6.45, 7) is 0. The van der Waals surface area contributed by atoms with Gasteiger partial charge < -0.3 is 14.6 Å². The lowest BCUT2D eigenvalue weighted by Crippen LogP contribution is -2.14. The molecule has 0 saturated heterocycles. The van der Waals surface area contributed by atoms with E-state index in [0.29, 0.717) is 17.1 Å². The van der Waals surface area contributed by atoms with Gasteiger partial charge in [0.05, 0.1) is 25.5 Å². The molecule has 1 unspecified atom stereocenters. The lowest BCUT2D eigenvalue weighted by Gasteiger charge is -2.17. The van der Waals surface area contributed by atoms with E-state index in [0.717, 1.165) is 6.26 Å². The van der Waals surface area contributed by atoms with Crippen molar-refractivity contribution in [2.24, 2.45) is 0 Å². The SMILES string of the molecule is COc1cccc(OC)c1C(O)CS(C)(=O)=O. The first kappa shape index (κ1) is 13.8. The van der Waals surface area contributed by atoms with Crippen LogP contribution in [0.2, 0.25) is 0 Å². The Labute approximate surface area is 101 Å². The van der Waals surface area contributed by atoms with E-state index in [1.54, 1.807) is 18.2 Å². The molecule has 0 radical (unpaired) electrons. The smallest absolute Gasteiger partial charge is 0.150 e. The molecule has 0 heterocycles. The Hall–Kier alpha value is -1.27. The van der Waals surface area contributed by atoms with Gasteiger partial charge in [-0.1, -0.05) is 6.07 Å². The molecule has 5 nitrogen and oxygen atoms in total. The molecule has 0 aromatic heterocycles. The Morgan fingerprint density at radius 2 is 1.71 bits per heavy atom. The lowest BCUT2D eigenvalue weighted by molar-refractivity contribution is 0.191. The van der Waals surface area contributed by atoms with E-state index in [1.165, 1.54) is 14.2 Å². The van der Waals surface area contributed by atoms with Crippen LogP contribution >= 0.6 is 0 Å². The fraction of sp³-hybridized carbons (Fsp3) is 0.455. The van der Waals surface area contributed by atoms with E-state index in [-0.39, 0.29) is 5.75 Å². The number of ether oxygens (including phenoxy) is 2. The molecule has 0 spiro atoms. The van der Waals surface area contributed by atoms with Crippen LogP contribution in [0, 0.1) is 0 Å². The predicted octanol–water partition coefficient (Wildman–Crippen LogP) is 0.782. The summed E-state index contributed by atoms with van der Waals surface area (Å²) in [5.74, 6) is 0.435. The summed E-state index contributed by atoms with van der Waals surface area (Å²) in [4.78, 5) is 0. The van der Waals surface area contributed by atoms with Crippen molar-refractivity contribution in [3.63, 3.8) is 0 Å². The molecule has 17 heavy (non-hydrogen) atoms. The second-order valence-electron chi connectivity index (χ2n) is 3.68. The fourth-order valence-corrected chi connectivity index (χ4v) is 2.32. The van der Waals surface area contributed by atoms with Gasteiger partial charge in [0.1, 0.15) is 27.4 Å². The Kier molecular flexibility index (Phi) is 4.36. The van der Waals surface area contributed by atoms with Crippen LogP contribution in [0.1, 0.15) is 11.7 Å². The molecule has 0 fully saturated rings. The molecule has 96 valence electrons. The monoisotopic (exact) mass is 260 g/mol. The van der Waals surface area contributed by atoms with Crippen molar-refractivity contribution in [2.75, 3.05) is 26.2 Å². The summed E-state index contributed by atoms with van der Waals surface area (Å²) in [5.41, 5.74) is 0.350. The van der Waals surface area contributed by atoms with Crippen LogP contribution in [0.4, 0.5) is 0 Å². The maximum Gasteiger partial charge on any atom is 0.150 e. The number of hydrogen-bond donors (Lipinski definition) is 1. The summed E-state index contributed by atoms with van der Waals surface area (Å²) in [6.07, 6.45) is -0.103. The molecule has 1 atom stereocenters. The lowest BCUT2D eigenvalue weighted by atomic mass is 10.1. The average Bonchev–Trinajstić information content (AvgIpc) is 2.25. The van der Waals surface area contributed by atoms with E-state index < -0.39 is 15.9 Å². The van der Waals surface area contributed by atoms with E-state index in [4.69, 9.17) is 9.47 Å². The summed E-state index contributed by atoms with van der Waals surface area (Å²) in [5, 5.41) is 9.94. The van der Waals surface area contributed by atoms with Crippen molar-refractivity contribution in [2.45, 2.75) is 6.10 Å². The van der Waals surface area contributed by atoms with Gasteiger partial charge in [-0.3, -0.25) is 0 Å². The predicted molar refractivity (Wildman–Crippen MR) is 64.2 cm³/mol. The zero-order valence-corrected chi connectivity index (χ0v) is 10.8.